The summed E-state index contributed by atoms with van der Waals surface area (Å²) in [6.07, 6.45) is 1.69. The smallest absolute Gasteiger partial charge is 0.404 e. The second-order valence-corrected chi connectivity index (χ2v) is 6.73. The largest absolute Gasteiger partial charge is 0.446 e. The summed E-state index contributed by atoms with van der Waals surface area (Å²) in [5, 5.41) is 0.705. The van der Waals surface area contributed by atoms with E-state index < -0.39 is 17.8 Å². The molecule has 0 radical (unpaired) electrons. The number of ether oxygens (including phenoxy) is 1. The Morgan fingerprint density at radius 3 is 2.64 bits per heavy atom. The average molecular weight is 347 g/mol. The van der Waals surface area contributed by atoms with Crippen molar-refractivity contribution in [3.63, 3.8) is 0 Å². The van der Waals surface area contributed by atoms with Crippen LogP contribution in [0.1, 0.15) is 58.8 Å². The minimum atomic E-state index is -0.811. The van der Waals surface area contributed by atoms with Crippen LogP contribution in [0.3, 0.4) is 0 Å². The molecule has 1 saturated carbocycles. The van der Waals surface area contributed by atoms with Crippen molar-refractivity contribution in [2.24, 2.45) is 11.5 Å². The van der Waals surface area contributed by atoms with Crippen molar-refractivity contribution in [1.29, 1.82) is 0 Å². The van der Waals surface area contributed by atoms with Crippen molar-refractivity contribution in [3.05, 3.63) is 34.3 Å². The maximum atomic E-state index is 14.9. The molecule has 0 aliphatic heterocycles. The predicted octanol–water partition coefficient (Wildman–Crippen LogP) is 3.14. The molecule has 6 nitrogen and oxygen atoms in total. The Hall–Kier alpha value is -2.57. The first-order valence-corrected chi connectivity index (χ1v) is 8.36. The highest BCUT2D eigenvalue weighted by Crippen LogP contribution is 2.41. The number of hydrogen-bond acceptors (Lipinski definition) is 3. The van der Waals surface area contributed by atoms with E-state index in [4.69, 9.17) is 16.2 Å². The number of aromatic nitrogens is 1. The molecule has 2 aromatic rings. The minimum absolute atomic E-state index is 0.114. The molecule has 3 rings (SSSR count). The van der Waals surface area contributed by atoms with Crippen molar-refractivity contribution >= 4 is 22.9 Å². The van der Waals surface area contributed by atoms with E-state index in [1.54, 1.807) is 0 Å². The Morgan fingerprint density at radius 1 is 1.28 bits per heavy atom. The fourth-order valence-electron chi connectivity index (χ4n) is 3.93. The molecule has 1 aliphatic rings. The van der Waals surface area contributed by atoms with Crippen molar-refractivity contribution < 1.29 is 18.7 Å². The van der Waals surface area contributed by atoms with Gasteiger partial charge in [0.1, 0.15) is 11.9 Å². The van der Waals surface area contributed by atoms with Gasteiger partial charge in [-0.15, -0.1) is 0 Å². The number of nitrogens with one attached hydrogen (secondary N) is 1. The number of carbonyl (C=O) groups is 2. The third kappa shape index (κ3) is 3.06. The molecule has 7 heteroatoms. The lowest BCUT2D eigenvalue weighted by molar-refractivity contribution is 0.0766. The summed E-state index contributed by atoms with van der Waals surface area (Å²) in [6, 6.07) is 1.20. The monoisotopic (exact) mass is 347 g/mol. The van der Waals surface area contributed by atoms with Gasteiger partial charge in [-0.3, -0.25) is 4.79 Å². The Balaban J connectivity index is 2.13. The summed E-state index contributed by atoms with van der Waals surface area (Å²) in [6.45, 7) is 3.77. The van der Waals surface area contributed by atoms with Crippen LogP contribution in [0.2, 0.25) is 0 Å². The van der Waals surface area contributed by atoms with Crippen LogP contribution in [0.15, 0.2) is 6.07 Å². The van der Waals surface area contributed by atoms with E-state index in [9.17, 15) is 14.0 Å². The number of aromatic amines is 1. The zero-order chi connectivity index (χ0) is 18.3. The average Bonchev–Trinajstić information content (AvgIpc) is 2.82. The van der Waals surface area contributed by atoms with Crippen molar-refractivity contribution in [2.45, 2.75) is 51.6 Å². The van der Waals surface area contributed by atoms with Gasteiger partial charge in [0.25, 0.3) is 5.91 Å². The number of H-pyrrole nitrogens is 1. The first-order valence-electron chi connectivity index (χ1n) is 8.36. The van der Waals surface area contributed by atoms with Crippen molar-refractivity contribution in [1.82, 2.24) is 4.98 Å². The van der Waals surface area contributed by atoms with Crippen LogP contribution in [0.25, 0.3) is 10.9 Å². The molecule has 0 spiro atoms. The highest BCUT2D eigenvalue weighted by molar-refractivity contribution is 6.07. The minimum Gasteiger partial charge on any atom is -0.446 e. The topological polar surface area (TPSA) is 111 Å². The molecule has 1 aromatic carbocycles. The van der Waals surface area contributed by atoms with E-state index in [1.807, 2.05) is 13.8 Å². The predicted molar refractivity (Wildman–Crippen MR) is 91.9 cm³/mol. The standard InChI is InChI=1S/C18H22FN3O3/c1-8-9(2)22-16-12(17(20)23)7-13(19)15(14(8)16)10-4-3-5-11(6-10)25-18(21)24/h7,10-11,22H,3-6H2,1-2H3,(H2,20,23)(H2,21,24)/t10?,11-/m0/s1. The second kappa shape index (κ2) is 6.38. The number of carbonyl (C=O) groups excluding carboxylic acids is 2. The van der Waals surface area contributed by atoms with Crippen LogP contribution in [-0.4, -0.2) is 23.1 Å². The molecule has 2 amide bonds. The summed E-state index contributed by atoms with van der Waals surface area (Å²) in [4.78, 5) is 25.9. The lowest BCUT2D eigenvalue weighted by atomic mass is 9.80. The van der Waals surface area contributed by atoms with Crippen LogP contribution in [-0.2, 0) is 4.74 Å². The Kier molecular flexibility index (Phi) is 4.41. The van der Waals surface area contributed by atoms with Crippen LogP contribution in [0.5, 0.6) is 0 Å². The fraction of sp³-hybridized carbons (Fsp3) is 0.444. The quantitative estimate of drug-likeness (QED) is 0.793. The molecular formula is C18H22FN3O3. The number of rotatable bonds is 3. The van der Waals surface area contributed by atoms with Gasteiger partial charge >= 0.3 is 6.09 Å². The van der Waals surface area contributed by atoms with Gasteiger partial charge in [-0.2, -0.15) is 0 Å². The molecule has 1 fully saturated rings. The third-order valence-electron chi connectivity index (χ3n) is 5.15. The third-order valence-corrected chi connectivity index (χ3v) is 5.15. The van der Waals surface area contributed by atoms with Gasteiger partial charge in [0.15, 0.2) is 0 Å². The van der Waals surface area contributed by atoms with E-state index >= 15 is 0 Å². The number of nitrogens with two attached hydrogens (primary N) is 2. The van der Waals surface area contributed by atoms with Gasteiger partial charge in [0.2, 0.25) is 0 Å². The normalized spacial score (nSPS) is 20.6. The van der Waals surface area contributed by atoms with Gasteiger partial charge in [-0.25, -0.2) is 9.18 Å². The van der Waals surface area contributed by atoms with Gasteiger partial charge in [-0.1, -0.05) is 0 Å². The molecule has 1 unspecified atom stereocenters. The van der Waals surface area contributed by atoms with E-state index in [1.165, 1.54) is 6.07 Å². The van der Waals surface area contributed by atoms with E-state index in [0.717, 1.165) is 24.1 Å². The van der Waals surface area contributed by atoms with Crippen LogP contribution in [0, 0.1) is 19.7 Å². The number of fused-ring (bicyclic) bond motifs is 1. The Labute approximate surface area is 144 Å². The van der Waals surface area contributed by atoms with Gasteiger partial charge in [0, 0.05) is 16.6 Å². The van der Waals surface area contributed by atoms with Gasteiger partial charge < -0.3 is 21.2 Å². The second-order valence-electron chi connectivity index (χ2n) is 6.73. The highest BCUT2D eigenvalue weighted by Gasteiger charge is 2.30. The first kappa shape index (κ1) is 17.3. The van der Waals surface area contributed by atoms with Crippen LogP contribution >= 0.6 is 0 Å². The number of aryl methyl sites for hydroxylation is 2. The zero-order valence-electron chi connectivity index (χ0n) is 14.3. The summed E-state index contributed by atoms with van der Waals surface area (Å²) >= 11 is 0. The van der Waals surface area contributed by atoms with Crippen LogP contribution < -0.4 is 11.5 Å². The van der Waals surface area contributed by atoms with Gasteiger partial charge in [0.05, 0.1) is 11.1 Å². The fourth-order valence-corrected chi connectivity index (χ4v) is 3.93. The van der Waals surface area contributed by atoms with Crippen molar-refractivity contribution in [3.8, 4) is 0 Å². The Bertz CT molecular complexity index is 859. The van der Waals surface area contributed by atoms with E-state index in [2.05, 4.69) is 4.98 Å². The van der Waals surface area contributed by atoms with Crippen molar-refractivity contribution in [2.75, 3.05) is 0 Å². The maximum absolute atomic E-state index is 14.9. The number of amides is 2. The molecule has 1 aromatic heterocycles. The molecule has 2 atom stereocenters. The molecule has 0 saturated heterocycles. The molecule has 1 aliphatic carbocycles. The van der Waals surface area contributed by atoms with E-state index in [0.29, 0.717) is 29.3 Å². The van der Waals surface area contributed by atoms with E-state index in [-0.39, 0.29) is 17.6 Å². The number of hydrogen-bond donors (Lipinski definition) is 3. The molecular weight excluding hydrogens is 325 g/mol. The zero-order valence-corrected chi connectivity index (χ0v) is 14.3. The lowest BCUT2D eigenvalue weighted by Gasteiger charge is -2.29. The lowest BCUT2D eigenvalue weighted by Crippen LogP contribution is -2.28. The highest BCUT2D eigenvalue weighted by atomic mass is 19.1. The number of primary amides is 2. The molecule has 25 heavy (non-hydrogen) atoms. The SMILES string of the molecule is Cc1[nH]c2c(C(N)=O)cc(F)c(C3CCC[C@H](OC(N)=O)C3)c2c1C. The molecule has 0 bridgehead atoms. The first-order chi connectivity index (χ1) is 11.8. The molecule has 5 N–H and O–H groups in total. The van der Waals surface area contributed by atoms with Gasteiger partial charge in [-0.05, 0) is 57.1 Å². The number of benzene rings is 1. The maximum Gasteiger partial charge on any atom is 0.404 e. The summed E-state index contributed by atoms with van der Waals surface area (Å²) in [5.41, 5.74) is 13.6. The summed E-state index contributed by atoms with van der Waals surface area (Å²) in [5.74, 6) is -1.24. The Morgan fingerprint density at radius 2 is 2.00 bits per heavy atom. The molecule has 134 valence electrons. The number of halogens is 1. The molecule has 1 heterocycles. The summed E-state index contributed by atoms with van der Waals surface area (Å²) < 4.78 is 20.1. The summed E-state index contributed by atoms with van der Waals surface area (Å²) in [7, 11) is 0. The van der Waals surface area contributed by atoms with Crippen LogP contribution in [0.4, 0.5) is 9.18 Å².